The van der Waals surface area contributed by atoms with E-state index in [2.05, 4.69) is 145 Å². The van der Waals surface area contributed by atoms with Gasteiger partial charge in [-0.25, -0.2) is 0 Å². The van der Waals surface area contributed by atoms with E-state index in [-0.39, 0.29) is 5.41 Å². The van der Waals surface area contributed by atoms with Crippen LogP contribution in [0.15, 0.2) is 128 Å². The van der Waals surface area contributed by atoms with Crippen molar-refractivity contribution in [1.82, 2.24) is 9.88 Å². The molecule has 0 saturated heterocycles. The van der Waals surface area contributed by atoms with Crippen molar-refractivity contribution in [2.75, 3.05) is 5.32 Å². The predicted octanol–water partition coefficient (Wildman–Crippen LogP) is 10.4. The van der Waals surface area contributed by atoms with Crippen molar-refractivity contribution in [2.24, 2.45) is 5.41 Å². The molecule has 0 amide bonds. The van der Waals surface area contributed by atoms with E-state index in [0.717, 1.165) is 66.6 Å². The van der Waals surface area contributed by atoms with Gasteiger partial charge in [-0.1, -0.05) is 55.1 Å². The average molecular weight is 690 g/mol. The average Bonchev–Trinajstić information content (AvgIpc) is 3.85. The fraction of sp³-hybridized carbons (Fsp3) is 0.250. The highest BCUT2D eigenvalue weighted by molar-refractivity contribution is 14.1. The molecule has 6 rings (SSSR count). The summed E-state index contributed by atoms with van der Waals surface area (Å²) in [4.78, 5) is 6.90. The summed E-state index contributed by atoms with van der Waals surface area (Å²) >= 11 is 2.36. The van der Waals surface area contributed by atoms with Crippen LogP contribution in [0.5, 0.6) is 0 Å². The van der Waals surface area contributed by atoms with Crippen LogP contribution in [0.25, 0.3) is 16.5 Å². The Bertz CT molecular complexity index is 1780. The number of anilines is 1. The number of nitrogens with zero attached hydrogens (tertiary/aromatic N) is 2. The van der Waals surface area contributed by atoms with Crippen molar-refractivity contribution in [3.05, 3.63) is 153 Å². The first-order chi connectivity index (χ1) is 21.3. The number of allylic oxidation sites excluding steroid dienone is 3. The third-order valence-corrected chi connectivity index (χ3v) is 9.74. The highest BCUT2D eigenvalue weighted by atomic mass is 127. The van der Waals surface area contributed by atoms with Gasteiger partial charge in [-0.3, -0.25) is 4.98 Å². The minimum atomic E-state index is 0.0341. The van der Waals surface area contributed by atoms with Crippen LogP contribution in [0.3, 0.4) is 0 Å². The molecular weight excluding hydrogens is 649 g/mol. The number of benzene rings is 3. The smallest absolute Gasteiger partial charge is 0.0711 e. The third-order valence-electron chi connectivity index (χ3n) is 9.02. The van der Waals surface area contributed by atoms with E-state index in [1.54, 1.807) is 0 Å². The second kappa shape index (κ2) is 13.0. The van der Waals surface area contributed by atoms with Crippen LogP contribution in [0.1, 0.15) is 61.8 Å². The number of nitrogens with one attached hydrogen (secondary N) is 1. The molecule has 44 heavy (non-hydrogen) atoms. The molecule has 1 saturated carbocycles. The van der Waals surface area contributed by atoms with Crippen molar-refractivity contribution >= 4 is 44.8 Å². The van der Waals surface area contributed by atoms with Crippen molar-refractivity contribution < 1.29 is 0 Å². The number of pyridine rings is 1. The van der Waals surface area contributed by atoms with Crippen LogP contribution in [-0.4, -0.2) is 15.9 Å². The van der Waals surface area contributed by atoms with Crippen LogP contribution in [0.4, 0.5) is 5.69 Å². The minimum Gasteiger partial charge on any atom is -0.359 e. The molecule has 1 fully saturated rings. The van der Waals surface area contributed by atoms with Crippen LogP contribution < -0.4 is 5.32 Å². The minimum absolute atomic E-state index is 0.0341. The second-order valence-corrected chi connectivity index (χ2v) is 13.7. The molecule has 2 aliphatic rings. The highest BCUT2D eigenvalue weighted by Gasteiger charge is 2.47. The lowest BCUT2D eigenvalue weighted by Crippen LogP contribution is -2.20. The lowest BCUT2D eigenvalue weighted by molar-refractivity contribution is 0.418. The number of hydrogen-bond acceptors (Lipinski definition) is 3. The van der Waals surface area contributed by atoms with Crippen molar-refractivity contribution in [3.63, 3.8) is 0 Å². The van der Waals surface area contributed by atoms with Gasteiger partial charge in [-0.05, 0) is 140 Å². The molecule has 0 radical (unpaired) electrons. The number of rotatable bonds is 12. The number of hydrogen-bond donors (Lipinski definition) is 1. The first kappa shape index (κ1) is 30.2. The molecule has 1 aliphatic heterocycles. The van der Waals surface area contributed by atoms with Crippen LogP contribution in [0.2, 0.25) is 0 Å². The zero-order chi connectivity index (χ0) is 30.7. The van der Waals surface area contributed by atoms with E-state index < -0.39 is 0 Å². The number of aryl methyl sites for hydroxylation is 1. The molecule has 0 bridgehead atoms. The van der Waals surface area contributed by atoms with E-state index in [1.165, 1.54) is 31.2 Å². The summed E-state index contributed by atoms with van der Waals surface area (Å²) in [6.45, 7) is 13.3. The zero-order valence-electron chi connectivity index (χ0n) is 25.7. The van der Waals surface area contributed by atoms with Gasteiger partial charge in [-0.2, -0.15) is 0 Å². The summed E-state index contributed by atoms with van der Waals surface area (Å²) in [5, 5.41) is 4.82. The highest BCUT2D eigenvalue weighted by Crippen LogP contribution is 2.57. The summed E-state index contributed by atoms with van der Waals surface area (Å²) < 4.78 is 1.28. The summed E-state index contributed by atoms with van der Waals surface area (Å²) in [6, 6.07) is 26.8. The lowest BCUT2D eigenvalue weighted by Gasteiger charge is -2.23. The Kier molecular flexibility index (Phi) is 8.93. The van der Waals surface area contributed by atoms with E-state index in [1.807, 2.05) is 18.5 Å². The normalized spacial score (nSPS) is 15.0. The third kappa shape index (κ3) is 6.77. The van der Waals surface area contributed by atoms with Crippen molar-refractivity contribution in [1.29, 1.82) is 0 Å². The largest absolute Gasteiger partial charge is 0.359 e. The summed E-state index contributed by atoms with van der Waals surface area (Å²) in [6.07, 6.45) is 14.5. The first-order valence-electron chi connectivity index (χ1n) is 15.6. The second-order valence-electron chi connectivity index (χ2n) is 12.4. The standard InChI is InChI=1S/C40H40IN3/c1-28(2)44-24-6-9-35(27-44)33-14-19-38-34(20-23-42-39(38)26-33)25-32-12-17-37(18-13-32)43-30(4)40(21-22-40)29(3)7-5-8-31-10-15-36(41)16-11-31/h9-20,23-24,26-28,43H,3-5,7-8,21-22,25H2,1-2H3. The quantitative estimate of drug-likeness (QED) is 0.0912. The molecule has 4 heteroatoms. The lowest BCUT2D eigenvalue weighted by atomic mass is 9.89. The maximum atomic E-state index is 4.71. The molecule has 1 aromatic heterocycles. The molecule has 3 aromatic carbocycles. The molecule has 4 aromatic rings. The first-order valence-corrected chi connectivity index (χ1v) is 16.7. The van der Waals surface area contributed by atoms with Gasteiger partial charge in [0, 0.05) is 56.0 Å². The van der Waals surface area contributed by atoms with Crippen molar-refractivity contribution in [2.45, 2.75) is 58.4 Å². The SMILES string of the molecule is C=C(CCCc1ccc(I)cc1)C1(C(=C)Nc2ccc(Cc3ccnc4cc(C5=CN(C(C)C)C=C=C5)ccc34)cc2)CC1. The fourth-order valence-electron chi connectivity index (χ4n) is 6.05. The molecule has 3 nitrogen and oxygen atoms in total. The van der Waals surface area contributed by atoms with E-state index in [0.29, 0.717) is 6.04 Å². The number of halogens is 1. The summed E-state index contributed by atoms with van der Waals surface area (Å²) in [5.41, 5.74) is 14.1. The molecule has 0 unspecified atom stereocenters. The van der Waals surface area contributed by atoms with Crippen molar-refractivity contribution in [3.8, 4) is 0 Å². The summed E-state index contributed by atoms with van der Waals surface area (Å²) in [5.74, 6) is 0. The van der Waals surface area contributed by atoms with Gasteiger partial charge in [0.2, 0.25) is 0 Å². The Hall–Kier alpha value is -3.86. The van der Waals surface area contributed by atoms with Gasteiger partial charge in [0.05, 0.1) is 5.52 Å². The Balaban J connectivity index is 1.07. The Labute approximate surface area is 275 Å². The van der Waals surface area contributed by atoms with E-state index >= 15 is 0 Å². The molecule has 222 valence electrons. The molecule has 0 atom stereocenters. The number of fused-ring (bicyclic) bond motifs is 1. The molecule has 1 aliphatic carbocycles. The molecular formula is C40H40IN3. The maximum absolute atomic E-state index is 4.71. The maximum Gasteiger partial charge on any atom is 0.0711 e. The van der Waals surface area contributed by atoms with Crippen LogP contribution in [0, 0.1) is 8.99 Å². The molecule has 0 spiro atoms. The Morgan fingerprint density at radius 3 is 2.48 bits per heavy atom. The van der Waals surface area contributed by atoms with Gasteiger partial charge in [0.1, 0.15) is 0 Å². The summed E-state index contributed by atoms with van der Waals surface area (Å²) in [7, 11) is 0. The van der Waals surface area contributed by atoms with Gasteiger partial charge in [-0.15, -0.1) is 5.73 Å². The van der Waals surface area contributed by atoms with E-state index in [9.17, 15) is 0 Å². The van der Waals surface area contributed by atoms with Gasteiger partial charge < -0.3 is 10.2 Å². The molecule has 1 N–H and O–H groups in total. The zero-order valence-corrected chi connectivity index (χ0v) is 27.9. The molecule has 2 heterocycles. The monoisotopic (exact) mass is 689 g/mol. The van der Waals surface area contributed by atoms with Crippen LogP contribution >= 0.6 is 22.6 Å². The Morgan fingerprint density at radius 1 is 1.00 bits per heavy atom. The van der Waals surface area contributed by atoms with Gasteiger partial charge >= 0.3 is 0 Å². The number of aromatic nitrogens is 1. The van der Waals surface area contributed by atoms with Gasteiger partial charge in [0.15, 0.2) is 0 Å². The predicted molar refractivity (Wildman–Crippen MR) is 194 cm³/mol. The fourth-order valence-corrected chi connectivity index (χ4v) is 6.41. The Morgan fingerprint density at radius 2 is 1.75 bits per heavy atom. The van der Waals surface area contributed by atoms with Gasteiger partial charge in [0.25, 0.3) is 0 Å². The van der Waals surface area contributed by atoms with E-state index in [4.69, 9.17) is 4.98 Å². The topological polar surface area (TPSA) is 28.2 Å². The van der Waals surface area contributed by atoms with Crippen LogP contribution in [-0.2, 0) is 12.8 Å².